The first kappa shape index (κ1) is 13.1. The van der Waals surface area contributed by atoms with Crippen molar-refractivity contribution in [1.82, 2.24) is 0 Å². The fraction of sp³-hybridized carbons (Fsp3) is 0.364. The van der Waals surface area contributed by atoms with Crippen LogP contribution in [-0.2, 0) is 0 Å². The second-order valence-corrected chi connectivity index (χ2v) is 4.79. The van der Waals surface area contributed by atoms with E-state index in [0.29, 0.717) is 22.3 Å². The van der Waals surface area contributed by atoms with Gasteiger partial charge in [0.25, 0.3) is 0 Å². The van der Waals surface area contributed by atoms with Crippen molar-refractivity contribution in [3.63, 3.8) is 0 Å². The minimum Gasteiger partial charge on any atom is -0.465 e. The molecule has 0 radical (unpaired) electrons. The highest BCUT2D eigenvalue weighted by molar-refractivity contribution is 6.35. The summed E-state index contributed by atoms with van der Waals surface area (Å²) >= 11 is 11.7. The van der Waals surface area contributed by atoms with Crippen LogP contribution in [0.2, 0.25) is 10.0 Å². The second-order valence-electron chi connectivity index (χ2n) is 3.91. The van der Waals surface area contributed by atoms with Crippen molar-refractivity contribution in [2.45, 2.75) is 13.8 Å². The molecule has 0 aliphatic rings. The molecular formula is C11H13Cl2NO2. The lowest BCUT2D eigenvalue weighted by atomic mass is 10.2. The first-order valence-corrected chi connectivity index (χ1v) is 5.62. The lowest BCUT2D eigenvalue weighted by Crippen LogP contribution is -2.32. The summed E-state index contributed by atoms with van der Waals surface area (Å²) in [6.07, 6.45) is -1.01. The van der Waals surface area contributed by atoms with Gasteiger partial charge in [-0.2, -0.15) is 0 Å². The van der Waals surface area contributed by atoms with Crippen molar-refractivity contribution < 1.29 is 9.90 Å². The van der Waals surface area contributed by atoms with Gasteiger partial charge in [0.15, 0.2) is 0 Å². The van der Waals surface area contributed by atoms with Crippen LogP contribution in [0.3, 0.4) is 0 Å². The third-order valence-corrected chi connectivity index (χ3v) is 2.37. The highest BCUT2D eigenvalue weighted by Gasteiger charge is 2.16. The molecule has 0 atom stereocenters. The summed E-state index contributed by atoms with van der Waals surface area (Å²) in [5.41, 5.74) is 0.499. The highest BCUT2D eigenvalue weighted by Crippen LogP contribution is 2.26. The van der Waals surface area contributed by atoms with E-state index in [4.69, 9.17) is 28.3 Å². The van der Waals surface area contributed by atoms with Crippen molar-refractivity contribution in [2.24, 2.45) is 5.92 Å². The molecule has 1 rings (SSSR count). The predicted molar refractivity (Wildman–Crippen MR) is 66.7 cm³/mol. The smallest absolute Gasteiger partial charge is 0.411 e. The molecule has 5 heteroatoms. The average Bonchev–Trinajstić information content (AvgIpc) is 2.11. The molecule has 0 heterocycles. The lowest BCUT2D eigenvalue weighted by molar-refractivity contribution is 0.201. The molecule has 3 nitrogen and oxygen atoms in total. The molecule has 0 saturated heterocycles. The van der Waals surface area contributed by atoms with Gasteiger partial charge in [-0.15, -0.1) is 0 Å². The van der Waals surface area contributed by atoms with Crippen LogP contribution in [0.1, 0.15) is 13.8 Å². The number of amides is 1. The van der Waals surface area contributed by atoms with Crippen LogP contribution in [-0.4, -0.2) is 17.7 Å². The van der Waals surface area contributed by atoms with Crippen LogP contribution in [0.5, 0.6) is 0 Å². The SMILES string of the molecule is CC(C)CN(C(=O)O)c1cc(Cl)cc(Cl)c1. The van der Waals surface area contributed by atoms with Gasteiger partial charge < -0.3 is 5.11 Å². The first-order chi connectivity index (χ1) is 7.40. The molecule has 1 aromatic carbocycles. The zero-order valence-electron chi connectivity index (χ0n) is 9.08. The Bertz CT molecular complexity index is 373. The number of nitrogens with zero attached hydrogens (tertiary/aromatic N) is 1. The average molecular weight is 262 g/mol. The third-order valence-electron chi connectivity index (χ3n) is 1.94. The van der Waals surface area contributed by atoms with Gasteiger partial charge in [0, 0.05) is 22.3 Å². The summed E-state index contributed by atoms with van der Waals surface area (Å²) in [6, 6.07) is 4.75. The fourth-order valence-corrected chi connectivity index (χ4v) is 1.87. The van der Waals surface area contributed by atoms with Crippen LogP contribution in [0.4, 0.5) is 10.5 Å². The van der Waals surface area contributed by atoms with Crippen molar-refractivity contribution >= 4 is 35.0 Å². The number of anilines is 1. The number of hydrogen-bond donors (Lipinski definition) is 1. The van der Waals surface area contributed by atoms with Crippen molar-refractivity contribution in [1.29, 1.82) is 0 Å². The van der Waals surface area contributed by atoms with Crippen LogP contribution in [0, 0.1) is 5.92 Å². The maximum atomic E-state index is 11.1. The van der Waals surface area contributed by atoms with E-state index >= 15 is 0 Å². The largest absolute Gasteiger partial charge is 0.465 e. The zero-order chi connectivity index (χ0) is 12.3. The maximum Gasteiger partial charge on any atom is 0.411 e. The van der Waals surface area contributed by atoms with E-state index in [0.717, 1.165) is 0 Å². The van der Waals surface area contributed by atoms with Gasteiger partial charge in [-0.3, -0.25) is 4.90 Å². The monoisotopic (exact) mass is 261 g/mol. The quantitative estimate of drug-likeness (QED) is 0.889. The molecule has 0 bridgehead atoms. The molecule has 0 aromatic heterocycles. The van der Waals surface area contributed by atoms with E-state index in [1.54, 1.807) is 18.2 Å². The summed E-state index contributed by atoms with van der Waals surface area (Å²) in [6.45, 7) is 4.30. The van der Waals surface area contributed by atoms with Crippen LogP contribution >= 0.6 is 23.2 Å². The topological polar surface area (TPSA) is 40.5 Å². The van der Waals surface area contributed by atoms with Gasteiger partial charge in [-0.05, 0) is 24.1 Å². The highest BCUT2D eigenvalue weighted by atomic mass is 35.5. The van der Waals surface area contributed by atoms with Gasteiger partial charge in [0.2, 0.25) is 0 Å². The van der Waals surface area contributed by atoms with Crippen molar-refractivity contribution in [3.05, 3.63) is 28.2 Å². The molecule has 0 saturated carbocycles. The standard InChI is InChI=1S/C11H13Cl2NO2/c1-7(2)6-14(11(15)16)10-4-8(12)3-9(13)5-10/h3-5,7H,6H2,1-2H3,(H,15,16). The van der Waals surface area contributed by atoms with Gasteiger partial charge in [-0.25, -0.2) is 4.79 Å². The fourth-order valence-electron chi connectivity index (χ4n) is 1.35. The zero-order valence-corrected chi connectivity index (χ0v) is 10.6. The van der Waals surface area contributed by atoms with E-state index in [9.17, 15) is 4.79 Å². The number of carbonyl (C=O) groups is 1. The normalized spacial score (nSPS) is 10.6. The number of rotatable bonds is 3. The molecule has 1 amide bonds. The molecule has 0 unspecified atom stereocenters. The van der Waals surface area contributed by atoms with Crippen molar-refractivity contribution in [3.8, 4) is 0 Å². The summed E-state index contributed by atoms with van der Waals surface area (Å²) in [5.74, 6) is 0.230. The number of carboxylic acid groups (broad SMARTS) is 1. The first-order valence-electron chi connectivity index (χ1n) is 4.86. The van der Waals surface area contributed by atoms with E-state index in [1.165, 1.54) is 4.90 Å². The molecular weight excluding hydrogens is 249 g/mol. The molecule has 0 fully saturated rings. The van der Waals surface area contributed by atoms with Crippen LogP contribution < -0.4 is 4.90 Å². The lowest BCUT2D eigenvalue weighted by Gasteiger charge is -2.21. The van der Waals surface area contributed by atoms with Crippen LogP contribution in [0.15, 0.2) is 18.2 Å². The third kappa shape index (κ3) is 3.58. The molecule has 0 aliphatic carbocycles. The number of benzene rings is 1. The minimum absolute atomic E-state index is 0.230. The molecule has 1 N–H and O–H groups in total. The van der Waals surface area contributed by atoms with Gasteiger partial charge in [-0.1, -0.05) is 37.0 Å². The Morgan fingerprint density at radius 2 is 1.81 bits per heavy atom. The van der Waals surface area contributed by atoms with Gasteiger partial charge in [0.05, 0.1) is 0 Å². The Balaban J connectivity index is 3.05. The molecule has 0 aliphatic heterocycles. The van der Waals surface area contributed by atoms with E-state index in [1.807, 2.05) is 13.8 Å². The summed E-state index contributed by atoms with van der Waals surface area (Å²) in [7, 11) is 0. The Hall–Kier alpha value is -0.930. The van der Waals surface area contributed by atoms with Crippen LogP contribution in [0.25, 0.3) is 0 Å². The molecule has 16 heavy (non-hydrogen) atoms. The summed E-state index contributed by atoms with van der Waals surface area (Å²) in [5, 5.41) is 9.95. The Morgan fingerprint density at radius 1 is 1.31 bits per heavy atom. The Morgan fingerprint density at radius 3 is 2.19 bits per heavy atom. The van der Waals surface area contributed by atoms with Gasteiger partial charge >= 0.3 is 6.09 Å². The number of halogens is 2. The summed E-state index contributed by atoms with van der Waals surface area (Å²) < 4.78 is 0. The van der Waals surface area contributed by atoms with Crippen molar-refractivity contribution in [2.75, 3.05) is 11.4 Å². The minimum atomic E-state index is -1.01. The van der Waals surface area contributed by atoms with E-state index < -0.39 is 6.09 Å². The summed E-state index contributed by atoms with van der Waals surface area (Å²) in [4.78, 5) is 12.3. The second kappa shape index (κ2) is 5.41. The molecule has 1 aromatic rings. The van der Waals surface area contributed by atoms with E-state index in [2.05, 4.69) is 0 Å². The molecule has 0 spiro atoms. The molecule has 88 valence electrons. The number of hydrogen-bond acceptors (Lipinski definition) is 1. The van der Waals surface area contributed by atoms with Gasteiger partial charge in [0.1, 0.15) is 0 Å². The van der Waals surface area contributed by atoms with E-state index in [-0.39, 0.29) is 5.92 Å². The maximum absolute atomic E-state index is 11.1. The Kier molecular flexibility index (Phi) is 4.44. The predicted octanol–water partition coefficient (Wildman–Crippen LogP) is 4.13. The Labute approximate surface area is 105 Å².